The number of nitrogens with one attached hydrogen (secondary N) is 1. The Morgan fingerprint density at radius 1 is 1.38 bits per heavy atom. The van der Waals surface area contributed by atoms with Gasteiger partial charge in [0, 0.05) is 20.2 Å². The quantitative estimate of drug-likeness (QED) is 0.769. The molecule has 1 aromatic rings. The third-order valence-electron chi connectivity index (χ3n) is 2.05. The summed E-state index contributed by atoms with van der Waals surface area (Å²) in [4.78, 5) is 0. The first kappa shape index (κ1) is 13.0. The molecule has 2 N–H and O–H groups in total. The van der Waals surface area contributed by atoms with Crippen LogP contribution in [-0.2, 0) is 11.3 Å². The maximum atomic E-state index is 12.8. The van der Waals surface area contributed by atoms with Crippen LogP contribution in [0.4, 0.5) is 8.78 Å². The van der Waals surface area contributed by atoms with Crippen molar-refractivity contribution in [3.05, 3.63) is 35.4 Å². The lowest BCUT2D eigenvalue weighted by Crippen LogP contribution is -2.29. The normalized spacial score (nSPS) is 12.8. The predicted molar refractivity (Wildman–Crippen MR) is 55.9 cm³/mol. The highest BCUT2D eigenvalue weighted by atomic mass is 19.2. The smallest absolute Gasteiger partial charge is 0.159 e. The van der Waals surface area contributed by atoms with Gasteiger partial charge in [0.15, 0.2) is 11.6 Å². The fraction of sp³-hybridized carbons (Fsp3) is 0.455. The van der Waals surface area contributed by atoms with E-state index in [2.05, 4.69) is 5.32 Å². The molecule has 0 radical (unpaired) electrons. The van der Waals surface area contributed by atoms with E-state index in [1.165, 1.54) is 13.2 Å². The van der Waals surface area contributed by atoms with Crippen molar-refractivity contribution in [2.45, 2.75) is 12.6 Å². The molecule has 5 heteroatoms. The van der Waals surface area contributed by atoms with E-state index in [1.807, 2.05) is 0 Å². The number of aliphatic hydroxyl groups is 1. The van der Waals surface area contributed by atoms with Crippen LogP contribution in [0.1, 0.15) is 5.56 Å². The molecule has 0 spiro atoms. The van der Waals surface area contributed by atoms with Gasteiger partial charge in [-0.3, -0.25) is 0 Å². The van der Waals surface area contributed by atoms with E-state index >= 15 is 0 Å². The van der Waals surface area contributed by atoms with Crippen molar-refractivity contribution < 1.29 is 18.6 Å². The van der Waals surface area contributed by atoms with Gasteiger partial charge in [-0.25, -0.2) is 8.78 Å². The molecule has 1 aromatic carbocycles. The van der Waals surface area contributed by atoms with E-state index in [0.29, 0.717) is 18.7 Å². The summed E-state index contributed by atoms with van der Waals surface area (Å²) in [7, 11) is 1.50. The summed E-state index contributed by atoms with van der Waals surface area (Å²) in [5.74, 6) is -1.72. The highest BCUT2D eigenvalue weighted by Crippen LogP contribution is 2.08. The van der Waals surface area contributed by atoms with Crippen molar-refractivity contribution in [2.24, 2.45) is 0 Å². The van der Waals surface area contributed by atoms with Crippen LogP contribution in [0.15, 0.2) is 18.2 Å². The Bertz CT molecular complexity index is 334. The monoisotopic (exact) mass is 231 g/mol. The first-order valence-electron chi connectivity index (χ1n) is 4.95. The van der Waals surface area contributed by atoms with Crippen LogP contribution in [0, 0.1) is 11.6 Å². The molecule has 0 aliphatic rings. The minimum Gasteiger partial charge on any atom is -0.389 e. The summed E-state index contributed by atoms with van der Waals surface area (Å²) in [6.45, 7) is 0.954. The van der Waals surface area contributed by atoms with Gasteiger partial charge in [-0.2, -0.15) is 0 Å². The zero-order valence-electron chi connectivity index (χ0n) is 9.04. The molecule has 0 aromatic heterocycles. The molecule has 0 heterocycles. The summed E-state index contributed by atoms with van der Waals surface area (Å²) in [6, 6.07) is 3.71. The Hall–Kier alpha value is -1.04. The lowest BCUT2D eigenvalue weighted by Gasteiger charge is -2.10. The van der Waals surface area contributed by atoms with Crippen molar-refractivity contribution in [3.8, 4) is 0 Å². The van der Waals surface area contributed by atoms with Crippen LogP contribution in [-0.4, -0.2) is 31.5 Å². The van der Waals surface area contributed by atoms with Crippen molar-refractivity contribution in [1.29, 1.82) is 0 Å². The van der Waals surface area contributed by atoms with E-state index in [9.17, 15) is 13.9 Å². The van der Waals surface area contributed by atoms with Gasteiger partial charge in [-0.15, -0.1) is 0 Å². The van der Waals surface area contributed by atoms with Gasteiger partial charge < -0.3 is 15.2 Å². The molecule has 16 heavy (non-hydrogen) atoms. The molecule has 0 amide bonds. The molecular formula is C11H15F2NO2. The van der Waals surface area contributed by atoms with Crippen molar-refractivity contribution >= 4 is 0 Å². The van der Waals surface area contributed by atoms with E-state index in [-0.39, 0.29) is 6.61 Å². The Labute approximate surface area is 93.0 Å². The number of hydrogen-bond acceptors (Lipinski definition) is 3. The Balaban J connectivity index is 2.34. The average molecular weight is 231 g/mol. The van der Waals surface area contributed by atoms with Gasteiger partial charge in [-0.05, 0) is 17.7 Å². The van der Waals surface area contributed by atoms with Gasteiger partial charge in [0.05, 0.1) is 12.7 Å². The zero-order chi connectivity index (χ0) is 12.0. The minimum atomic E-state index is -0.864. The Morgan fingerprint density at radius 3 is 2.75 bits per heavy atom. The van der Waals surface area contributed by atoms with Crippen molar-refractivity contribution in [2.75, 3.05) is 20.3 Å². The van der Waals surface area contributed by atoms with Gasteiger partial charge in [0.25, 0.3) is 0 Å². The van der Waals surface area contributed by atoms with Crippen molar-refractivity contribution in [1.82, 2.24) is 5.32 Å². The predicted octanol–water partition coefficient (Wildman–Crippen LogP) is 1.06. The van der Waals surface area contributed by atoms with Gasteiger partial charge in [-0.1, -0.05) is 6.07 Å². The molecule has 1 atom stereocenters. The Morgan fingerprint density at radius 2 is 2.12 bits per heavy atom. The maximum Gasteiger partial charge on any atom is 0.159 e. The number of methoxy groups -OCH3 is 1. The number of hydrogen-bond donors (Lipinski definition) is 2. The van der Waals surface area contributed by atoms with Crippen LogP contribution < -0.4 is 5.32 Å². The van der Waals surface area contributed by atoms with E-state index in [1.54, 1.807) is 0 Å². The topological polar surface area (TPSA) is 41.5 Å². The zero-order valence-corrected chi connectivity index (χ0v) is 9.04. The molecule has 1 unspecified atom stereocenters. The summed E-state index contributed by atoms with van der Waals surface area (Å²) >= 11 is 0. The fourth-order valence-corrected chi connectivity index (χ4v) is 1.28. The molecule has 0 saturated heterocycles. The van der Waals surface area contributed by atoms with Crippen LogP contribution >= 0.6 is 0 Å². The molecule has 0 aliphatic heterocycles. The number of ether oxygens (including phenoxy) is 1. The molecule has 1 rings (SSSR count). The van der Waals surface area contributed by atoms with Crippen LogP contribution in [0.3, 0.4) is 0 Å². The first-order valence-corrected chi connectivity index (χ1v) is 4.95. The average Bonchev–Trinajstić information content (AvgIpc) is 2.24. The second-order valence-electron chi connectivity index (χ2n) is 3.49. The lowest BCUT2D eigenvalue weighted by atomic mass is 10.2. The largest absolute Gasteiger partial charge is 0.389 e. The molecule has 0 aliphatic carbocycles. The highest BCUT2D eigenvalue weighted by molar-refractivity contribution is 5.17. The summed E-state index contributed by atoms with van der Waals surface area (Å²) < 4.78 is 30.2. The summed E-state index contributed by atoms with van der Waals surface area (Å²) in [5, 5.41) is 12.2. The lowest BCUT2D eigenvalue weighted by molar-refractivity contribution is 0.0644. The third-order valence-corrected chi connectivity index (χ3v) is 2.05. The van der Waals surface area contributed by atoms with E-state index in [0.717, 1.165) is 12.1 Å². The van der Waals surface area contributed by atoms with E-state index in [4.69, 9.17) is 4.74 Å². The molecular weight excluding hydrogens is 216 g/mol. The Kier molecular flexibility index (Phi) is 5.31. The van der Waals surface area contributed by atoms with Crippen LogP contribution in [0.2, 0.25) is 0 Å². The molecule has 0 bridgehead atoms. The van der Waals surface area contributed by atoms with Gasteiger partial charge >= 0.3 is 0 Å². The van der Waals surface area contributed by atoms with Crippen LogP contribution in [0.5, 0.6) is 0 Å². The van der Waals surface area contributed by atoms with Gasteiger partial charge in [0.2, 0.25) is 0 Å². The van der Waals surface area contributed by atoms with E-state index < -0.39 is 17.7 Å². The second-order valence-corrected chi connectivity index (χ2v) is 3.49. The number of halogens is 2. The highest BCUT2D eigenvalue weighted by Gasteiger charge is 2.04. The molecule has 3 nitrogen and oxygen atoms in total. The maximum absolute atomic E-state index is 12.8. The molecule has 90 valence electrons. The van der Waals surface area contributed by atoms with Gasteiger partial charge in [0.1, 0.15) is 0 Å². The number of benzene rings is 1. The minimum absolute atomic E-state index is 0.241. The third kappa shape index (κ3) is 4.22. The standard InChI is InChI=1S/C11H15F2NO2/c1-16-7-9(15)6-14-5-8-2-3-10(12)11(13)4-8/h2-4,9,14-15H,5-7H2,1H3. The second kappa shape index (κ2) is 6.52. The number of aliphatic hydroxyl groups excluding tert-OH is 1. The van der Waals surface area contributed by atoms with Crippen molar-refractivity contribution in [3.63, 3.8) is 0 Å². The van der Waals surface area contributed by atoms with Crippen LogP contribution in [0.25, 0.3) is 0 Å². The first-order chi connectivity index (χ1) is 7.63. The molecule has 0 fully saturated rings. The summed E-state index contributed by atoms with van der Waals surface area (Å²) in [5.41, 5.74) is 0.628. The summed E-state index contributed by atoms with van der Waals surface area (Å²) in [6.07, 6.45) is -0.602. The number of rotatable bonds is 6. The fourth-order valence-electron chi connectivity index (χ4n) is 1.28. The molecule has 0 saturated carbocycles. The SMILES string of the molecule is COCC(O)CNCc1ccc(F)c(F)c1.